The Bertz CT molecular complexity index is 1250. The summed E-state index contributed by atoms with van der Waals surface area (Å²) >= 11 is 0. The molecule has 4 fully saturated rings. The van der Waals surface area contributed by atoms with Gasteiger partial charge in [-0.3, -0.25) is 9.09 Å². The lowest BCUT2D eigenvalue weighted by Gasteiger charge is -2.26. The Morgan fingerprint density at radius 2 is 1.07 bits per heavy atom. The Labute approximate surface area is 342 Å². The number of halogens is 2. The normalized spacial score (nSPS) is 37.6. The average molecular weight is 853 g/mol. The second-order valence-corrected chi connectivity index (χ2v) is 19.3. The zero-order valence-corrected chi connectivity index (χ0v) is 36.5. The molecule has 16 atom stereocenters. The van der Waals surface area contributed by atoms with Crippen LogP contribution in [0.15, 0.2) is 0 Å². The van der Waals surface area contributed by atoms with Crippen molar-refractivity contribution in [2.75, 3.05) is 39.8 Å². The van der Waals surface area contributed by atoms with E-state index in [1.807, 2.05) is 55.4 Å². The van der Waals surface area contributed by atoms with Crippen molar-refractivity contribution in [3.8, 4) is 0 Å². The Morgan fingerprint density at radius 3 is 1.47 bits per heavy atom. The van der Waals surface area contributed by atoms with E-state index in [0.29, 0.717) is 12.8 Å². The molecular formula is C34H61B4F2O15P2-. The number of ether oxygens (including phenoxy) is 8. The summed E-state index contributed by atoms with van der Waals surface area (Å²) < 4.78 is 110. The summed E-state index contributed by atoms with van der Waals surface area (Å²) in [5.74, 6) is 0. The van der Waals surface area contributed by atoms with Crippen molar-refractivity contribution in [1.29, 1.82) is 0 Å². The number of aliphatic hydroxyl groups is 1. The number of rotatable bonds is 18. The highest BCUT2D eigenvalue weighted by atomic mass is 31.2. The van der Waals surface area contributed by atoms with E-state index in [1.165, 1.54) is 6.66 Å². The summed E-state index contributed by atoms with van der Waals surface area (Å²) in [5, 5.41) is 9.28. The molecule has 8 unspecified atom stereocenters. The molecule has 1 N–H and O–H groups in total. The van der Waals surface area contributed by atoms with Crippen LogP contribution < -0.4 is 4.89 Å². The highest BCUT2D eigenvalue weighted by Gasteiger charge is 2.47. The van der Waals surface area contributed by atoms with Crippen molar-refractivity contribution in [2.24, 2.45) is 0 Å². The van der Waals surface area contributed by atoms with Gasteiger partial charge in [-0.05, 0) is 68.2 Å². The van der Waals surface area contributed by atoms with Crippen LogP contribution in [0, 0.1) is 0 Å². The lowest BCUT2D eigenvalue weighted by Crippen LogP contribution is -2.35. The molecular weight excluding hydrogens is 792 g/mol. The molecule has 0 aromatic heterocycles. The van der Waals surface area contributed by atoms with E-state index in [-0.39, 0.29) is 63.1 Å². The third kappa shape index (κ3) is 19.8. The summed E-state index contributed by atoms with van der Waals surface area (Å²) in [6.45, 7) is 17.5. The van der Waals surface area contributed by atoms with Gasteiger partial charge in [0.05, 0.1) is 75.1 Å². The molecule has 4 aliphatic rings. The molecule has 0 saturated carbocycles. The van der Waals surface area contributed by atoms with Gasteiger partial charge in [0.2, 0.25) is 0 Å². The Hall–Kier alpha value is 0.0597. The lowest BCUT2D eigenvalue weighted by molar-refractivity contribution is -0.199. The van der Waals surface area contributed by atoms with E-state index in [1.54, 1.807) is 0 Å². The molecule has 4 aliphatic heterocycles. The molecule has 0 amide bonds. The van der Waals surface area contributed by atoms with E-state index in [9.17, 15) is 27.9 Å². The molecule has 8 radical (unpaired) electrons. The number of hydrogen-bond donors (Lipinski definition) is 1. The molecule has 23 heteroatoms. The molecule has 324 valence electrons. The van der Waals surface area contributed by atoms with E-state index < -0.39 is 88.2 Å². The maximum absolute atomic E-state index is 14.4. The fraction of sp³-hybridized carbons (Fsp3) is 1.00. The van der Waals surface area contributed by atoms with Crippen molar-refractivity contribution < 1.29 is 79.4 Å². The van der Waals surface area contributed by atoms with Gasteiger partial charge in [0.1, 0.15) is 87.9 Å². The smallest absolute Gasteiger partial charge is 0.328 e. The molecule has 0 spiro atoms. The lowest BCUT2D eigenvalue weighted by atomic mass is 9.94. The standard InChI is InChI=1S/C17H30B2FO7P.C9H18BO5P.C8H14BFO3/c1-9(2)22-7-13-16(15(20)17(19)26-13)27-28(5,21)23-8-12-11(24-10(3)4)6-14(18)25-12;1-6(2)14-7-4-9(10)15-8(7)5-13-16(3,11)12;1-4(2)12-3-5-7(11)6(10)8(9)13-5/h9-17H,6-8H2,1-5H3;6-9H,4-5H2,1-3H3,(H,11,12);4-8,11H,3H2,1-2H3/p-1/t11?,12-,13-,14-,15?,16?,17-,28?;7?,8-,9-;5-,6?,7?,8-/m111/s1. The van der Waals surface area contributed by atoms with E-state index in [4.69, 9.17) is 82.9 Å². The molecule has 4 rings (SSSR count). The van der Waals surface area contributed by atoms with Crippen LogP contribution in [0.25, 0.3) is 0 Å². The molecule has 4 heterocycles. The SMILES string of the molecule is [B][C@@H]1O[C@H](COC(C)C)C(O)C1F.[B][C@@H]1O[C@H](COC(C)C)C(OP(C)(=O)OC[C@H]2O[C@@H]([B])CC2OC(C)C)C1F.[B][C@H]1CC(OC(C)C)[C@@H](COP(C)(=O)[O-])O1. The second-order valence-electron chi connectivity index (χ2n) is 15.5. The Kier molecular flexibility index (Phi) is 23.0. The zero-order valence-electron chi connectivity index (χ0n) is 34.8. The summed E-state index contributed by atoms with van der Waals surface area (Å²) in [4.78, 5) is 10.9. The van der Waals surface area contributed by atoms with Gasteiger partial charge >= 0.3 is 7.60 Å². The summed E-state index contributed by atoms with van der Waals surface area (Å²) in [6, 6.07) is -3.11. The molecule has 57 heavy (non-hydrogen) atoms. The largest absolute Gasteiger partial charge is 0.779 e. The predicted octanol–water partition coefficient (Wildman–Crippen LogP) is 2.21. The number of alkyl halides is 2. The van der Waals surface area contributed by atoms with Crippen LogP contribution in [0.1, 0.15) is 68.2 Å². The monoisotopic (exact) mass is 853 g/mol. The highest BCUT2D eigenvalue weighted by Crippen LogP contribution is 2.49. The minimum atomic E-state index is -3.73. The van der Waals surface area contributed by atoms with Crippen LogP contribution >= 0.6 is 15.2 Å². The first kappa shape index (κ1) is 53.2. The summed E-state index contributed by atoms with van der Waals surface area (Å²) in [6.07, 6.45) is -7.26. The van der Waals surface area contributed by atoms with Crippen molar-refractivity contribution in [1.82, 2.24) is 0 Å². The van der Waals surface area contributed by atoms with Gasteiger partial charge in [0.15, 0.2) is 0 Å². The quantitative estimate of drug-likeness (QED) is 0.157. The zero-order chi connectivity index (χ0) is 43.4. The van der Waals surface area contributed by atoms with Crippen molar-refractivity contribution >= 4 is 46.6 Å². The first-order valence-electron chi connectivity index (χ1n) is 19.3. The Morgan fingerprint density at radius 1 is 0.649 bits per heavy atom. The van der Waals surface area contributed by atoms with Gasteiger partial charge in [-0.2, -0.15) is 0 Å². The molecule has 0 aromatic rings. The number of aliphatic hydroxyl groups excluding tert-OH is 1. The second kappa shape index (κ2) is 24.6. The minimum Gasteiger partial charge on any atom is -0.779 e. The van der Waals surface area contributed by atoms with E-state index in [0.717, 1.165) is 6.66 Å². The summed E-state index contributed by atoms with van der Waals surface area (Å²) in [7, 11) is 15.0. The van der Waals surface area contributed by atoms with Crippen LogP contribution in [-0.4, -0.2) is 186 Å². The first-order chi connectivity index (χ1) is 26.3. The molecule has 0 bridgehead atoms. The van der Waals surface area contributed by atoms with Crippen molar-refractivity contribution in [3.05, 3.63) is 0 Å². The van der Waals surface area contributed by atoms with Gasteiger partial charge in [0.25, 0.3) is 0 Å². The molecule has 0 aromatic carbocycles. The van der Waals surface area contributed by atoms with Gasteiger partial charge in [-0.1, -0.05) is 0 Å². The predicted molar refractivity (Wildman–Crippen MR) is 209 cm³/mol. The van der Waals surface area contributed by atoms with E-state index in [2.05, 4.69) is 0 Å². The maximum Gasteiger partial charge on any atom is 0.328 e. The van der Waals surface area contributed by atoms with Crippen LogP contribution in [0.3, 0.4) is 0 Å². The Balaban J connectivity index is 0.000000326. The first-order valence-corrected chi connectivity index (χ1v) is 23.2. The van der Waals surface area contributed by atoms with Crippen molar-refractivity contribution in [3.63, 3.8) is 0 Å². The van der Waals surface area contributed by atoms with Gasteiger partial charge < -0.3 is 61.5 Å². The van der Waals surface area contributed by atoms with Crippen LogP contribution in [-0.2, 0) is 60.6 Å². The van der Waals surface area contributed by atoms with Crippen LogP contribution in [0.2, 0.25) is 0 Å². The molecule has 0 aliphatic carbocycles. The molecule has 4 saturated heterocycles. The molecule has 15 nitrogen and oxygen atoms in total. The van der Waals surface area contributed by atoms with Crippen LogP contribution in [0.5, 0.6) is 0 Å². The van der Waals surface area contributed by atoms with E-state index >= 15 is 0 Å². The van der Waals surface area contributed by atoms with Crippen LogP contribution in [0.4, 0.5) is 8.78 Å². The number of hydrogen-bond acceptors (Lipinski definition) is 15. The maximum atomic E-state index is 14.4. The fourth-order valence-corrected chi connectivity index (χ4v) is 7.51. The topological polar surface area (TPSA) is 179 Å². The summed E-state index contributed by atoms with van der Waals surface area (Å²) in [5.41, 5.74) is 0. The van der Waals surface area contributed by atoms with Gasteiger partial charge in [0, 0.05) is 25.3 Å². The van der Waals surface area contributed by atoms with Gasteiger partial charge in [-0.25, -0.2) is 8.78 Å². The van der Waals surface area contributed by atoms with Gasteiger partial charge in [-0.15, -0.1) is 0 Å². The highest BCUT2D eigenvalue weighted by molar-refractivity contribution is 7.53. The fourth-order valence-electron chi connectivity index (χ4n) is 5.92. The third-order valence-corrected chi connectivity index (χ3v) is 10.3. The average Bonchev–Trinajstić information content (AvgIpc) is 3.77. The van der Waals surface area contributed by atoms with Crippen molar-refractivity contribution in [2.45, 2.75) is 178 Å². The minimum absolute atomic E-state index is 0.0165. The third-order valence-electron chi connectivity index (χ3n) is 8.48.